The van der Waals surface area contributed by atoms with Crippen LogP contribution in [0.5, 0.6) is 5.88 Å². The third-order valence-electron chi connectivity index (χ3n) is 1.49. The highest BCUT2D eigenvalue weighted by molar-refractivity contribution is 5.25. The molecule has 90 valence electrons. The fourth-order valence-corrected chi connectivity index (χ4v) is 0.725. The van der Waals surface area contributed by atoms with Crippen molar-refractivity contribution in [3.63, 3.8) is 0 Å². The van der Waals surface area contributed by atoms with E-state index in [9.17, 15) is 17.6 Å². The summed E-state index contributed by atoms with van der Waals surface area (Å²) in [5.41, 5.74) is 2.05. The van der Waals surface area contributed by atoms with Gasteiger partial charge in [0.1, 0.15) is 0 Å². The Hall–Kier alpha value is -1.64. The van der Waals surface area contributed by atoms with Gasteiger partial charge in [-0.3, -0.25) is 5.43 Å². The molecule has 1 rings (SSSR count). The molecule has 0 bridgehead atoms. The second kappa shape index (κ2) is 4.92. The van der Waals surface area contributed by atoms with E-state index >= 15 is 0 Å². The van der Waals surface area contributed by atoms with Crippen LogP contribution in [0.25, 0.3) is 0 Å². The number of nitrogens with two attached hydrogens (primary N) is 1. The molecule has 9 heteroatoms. The lowest BCUT2D eigenvalue weighted by Gasteiger charge is -2.15. The van der Waals surface area contributed by atoms with Crippen molar-refractivity contribution in [3.8, 4) is 5.88 Å². The summed E-state index contributed by atoms with van der Waals surface area (Å²) in [5.74, 6) is 0.383. The van der Waals surface area contributed by atoms with Crippen LogP contribution in [0, 0.1) is 0 Å². The van der Waals surface area contributed by atoms with Crippen molar-refractivity contribution < 1.29 is 22.3 Å². The first-order chi connectivity index (χ1) is 7.45. The Kier molecular flexibility index (Phi) is 3.82. The van der Waals surface area contributed by atoms with Gasteiger partial charge in [0.15, 0.2) is 6.61 Å². The quantitative estimate of drug-likeness (QED) is 0.457. The Labute approximate surface area is 87.6 Å². The van der Waals surface area contributed by atoms with Gasteiger partial charge in [0.2, 0.25) is 11.8 Å². The number of nitrogens with zero attached hydrogens (tertiary/aromatic N) is 2. The second-order valence-electron chi connectivity index (χ2n) is 2.71. The van der Waals surface area contributed by atoms with Crippen molar-refractivity contribution >= 4 is 5.95 Å². The van der Waals surface area contributed by atoms with Gasteiger partial charge in [-0.15, -0.1) is 0 Å². The molecular formula is C7H8F4N4O. The molecule has 1 heterocycles. The summed E-state index contributed by atoms with van der Waals surface area (Å²) in [6, 6.07) is 1.14. The molecule has 0 aliphatic carbocycles. The van der Waals surface area contributed by atoms with Gasteiger partial charge in [0.05, 0.1) is 0 Å². The Bertz CT molecular complexity index is 349. The SMILES string of the molecule is NNc1nccc(OCC(F)(F)C(F)F)n1. The van der Waals surface area contributed by atoms with Crippen LogP contribution >= 0.6 is 0 Å². The minimum absolute atomic E-state index is 0.0714. The van der Waals surface area contributed by atoms with E-state index in [0.29, 0.717) is 0 Å². The molecule has 0 aromatic carbocycles. The van der Waals surface area contributed by atoms with Crippen molar-refractivity contribution in [2.24, 2.45) is 5.84 Å². The topological polar surface area (TPSA) is 73.1 Å². The number of alkyl halides is 4. The van der Waals surface area contributed by atoms with Crippen LogP contribution in [0.3, 0.4) is 0 Å². The Balaban J connectivity index is 2.60. The van der Waals surface area contributed by atoms with E-state index < -0.39 is 19.0 Å². The molecule has 0 amide bonds. The summed E-state index contributed by atoms with van der Waals surface area (Å²) < 4.78 is 52.8. The van der Waals surface area contributed by atoms with Crippen LogP contribution < -0.4 is 16.0 Å². The number of hydrogen-bond acceptors (Lipinski definition) is 5. The normalized spacial score (nSPS) is 11.6. The minimum Gasteiger partial charge on any atom is -0.471 e. The average molecular weight is 240 g/mol. The molecule has 0 saturated heterocycles. The summed E-state index contributed by atoms with van der Waals surface area (Å²) >= 11 is 0. The molecule has 0 aliphatic heterocycles. The lowest BCUT2D eigenvalue weighted by atomic mass is 10.4. The van der Waals surface area contributed by atoms with Crippen LogP contribution in [0.4, 0.5) is 23.5 Å². The molecule has 0 aliphatic rings. The number of nitrogen functional groups attached to an aromatic ring is 1. The van der Waals surface area contributed by atoms with Crippen molar-refractivity contribution in [2.45, 2.75) is 12.3 Å². The minimum atomic E-state index is -4.22. The standard InChI is InChI=1S/C7H8F4N4O/c8-5(9)7(10,11)3-16-4-1-2-13-6(14-4)15-12/h1-2,5H,3,12H2,(H,13,14,15). The van der Waals surface area contributed by atoms with E-state index in [1.807, 2.05) is 5.43 Å². The zero-order valence-corrected chi connectivity index (χ0v) is 7.83. The molecule has 0 atom stereocenters. The third kappa shape index (κ3) is 3.19. The van der Waals surface area contributed by atoms with Gasteiger partial charge in [0, 0.05) is 12.3 Å². The molecule has 1 aromatic rings. The third-order valence-corrected chi connectivity index (χ3v) is 1.49. The van der Waals surface area contributed by atoms with Gasteiger partial charge in [-0.2, -0.15) is 13.8 Å². The second-order valence-corrected chi connectivity index (χ2v) is 2.71. The lowest BCUT2D eigenvalue weighted by Crippen LogP contribution is -2.34. The first-order valence-corrected chi connectivity index (χ1v) is 4.04. The van der Waals surface area contributed by atoms with E-state index in [4.69, 9.17) is 5.84 Å². The lowest BCUT2D eigenvalue weighted by molar-refractivity contribution is -0.148. The summed E-state index contributed by atoms with van der Waals surface area (Å²) in [6.07, 6.45) is -2.61. The van der Waals surface area contributed by atoms with Crippen LogP contribution in [-0.2, 0) is 0 Å². The molecule has 0 fully saturated rings. The first-order valence-electron chi connectivity index (χ1n) is 4.04. The van der Waals surface area contributed by atoms with Gasteiger partial charge in [-0.1, -0.05) is 0 Å². The molecule has 0 unspecified atom stereocenters. The number of aromatic nitrogens is 2. The fourth-order valence-electron chi connectivity index (χ4n) is 0.725. The molecule has 3 N–H and O–H groups in total. The highest BCUT2D eigenvalue weighted by Crippen LogP contribution is 2.23. The number of hydrogen-bond donors (Lipinski definition) is 2. The maximum absolute atomic E-state index is 12.5. The maximum Gasteiger partial charge on any atom is 0.340 e. The van der Waals surface area contributed by atoms with Gasteiger partial charge in [0.25, 0.3) is 0 Å². The van der Waals surface area contributed by atoms with Gasteiger partial charge in [-0.05, 0) is 0 Å². The fraction of sp³-hybridized carbons (Fsp3) is 0.429. The van der Waals surface area contributed by atoms with Crippen LogP contribution in [0.2, 0.25) is 0 Å². The summed E-state index contributed by atoms with van der Waals surface area (Å²) in [6.45, 7) is -1.47. The zero-order valence-electron chi connectivity index (χ0n) is 7.83. The van der Waals surface area contributed by atoms with Crippen LogP contribution in [-0.4, -0.2) is 28.9 Å². The molecular weight excluding hydrogens is 232 g/mol. The average Bonchev–Trinajstić information content (AvgIpc) is 2.26. The van der Waals surface area contributed by atoms with E-state index in [1.54, 1.807) is 0 Å². The molecule has 5 nitrogen and oxygen atoms in total. The number of nitrogens with one attached hydrogen (secondary N) is 1. The number of ether oxygens (including phenoxy) is 1. The van der Waals surface area contributed by atoms with Gasteiger partial charge < -0.3 is 4.74 Å². The van der Waals surface area contributed by atoms with E-state index in [-0.39, 0.29) is 11.8 Å². The van der Waals surface area contributed by atoms with Crippen molar-refractivity contribution in [1.82, 2.24) is 9.97 Å². The number of hydrazine groups is 1. The van der Waals surface area contributed by atoms with E-state index in [0.717, 1.165) is 6.07 Å². The largest absolute Gasteiger partial charge is 0.471 e. The predicted octanol–water partition coefficient (Wildman–Crippen LogP) is 1.04. The summed E-state index contributed by atoms with van der Waals surface area (Å²) in [4.78, 5) is 7.08. The highest BCUT2D eigenvalue weighted by atomic mass is 19.3. The monoisotopic (exact) mass is 240 g/mol. The maximum atomic E-state index is 12.5. The molecule has 0 spiro atoms. The van der Waals surface area contributed by atoms with Crippen LogP contribution in [0.1, 0.15) is 0 Å². The summed E-state index contributed by atoms with van der Waals surface area (Å²) in [5, 5.41) is 0. The van der Waals surface area contributed by atoms with E-state index in [2.05, 4.69) is 14.7 Å². The van der Waals surface area contributed by atoms with E-state index in [1.165, 1.54) is 6.20 Å². The predicted molar refractivity (Wildman–Crippen MR) is 46.3 cm³/mol. The Morgan fingerprint density at radius 3 is 2.75 bits per heavy atom. The molecule has 1 aromatic heterocycles. The molecule has 0 saturated carbocycles. The first kappa shape index (κ1) is 12.4. The van der Waals surface area contributed by atoms with Crippen molar-refractivity contribution in [2.75, 3.05) is 12.0 Å². The van der Waals surface area contributed by atoms with Gasteiger partial charge in [-0.25, -0.2) is 19.6 Å². The smallest absolute Gasteiger partial charge is 0.340 e. The summed E-state index contributed by atoms with van der Waals surface area (Å²) in [7, 11) is 0. The Morgan fingerprint density at radius 1 is 1.50 bits per heavy atom. The zero-order chi connectivity index (χ0) is 12.2. The highest BCUT2D eigenvalue weighted by Gasteiger charge is 2.41. The van der Waals surface area contributed by atoms with Crippen LogP contribution in [0.15, 0.2) is 12.3 Å². The number of halogens is 4. The van der Waals surface area contributed by atoms with Crippen molar-refractivity contribution in [1.29, 1.82) is 0 Å². The molecule has 0 radical (unpaired) electrons. The van der Waals surface area contributed by atoms with Crippen molar-refractivity contribution in [3.05, 3.63) is 12.3 Å². The number of anilines is 1. The number of rotatable bonds is 5. The molecule has 16 heavy (non-hydrogen) atoms. The Morgan fingerprint density at radius 2 is 2.19 bits per heavy atom. The van der Waals surface area contributed by atoms with Gasteiger partial charge >= 0.3 is 12.3 Å².